The van der Waals surface area contributed by atoms with E-state index in [4.69, 9.17) is 5.73 Å². The van der Waals surface area contributed by atoms with E-state index in [0.29, 0.717) is 13.1 Å². The highest BCUT2D eigenvalue weighted by Crippen LogP contribution is 2.11. The Balaban J connectivity index is 3.72. The Bertz CT molecular complexity index is 152. The minimum Gasteiger partial charge on any atom is -0.369 e. The van der Waals surface area contributed by atoms with Gasteiger partial charge in [0.15, 0.2) is 0 Å². The van der Waals surface area contributed by atoms with E-state index in [9.17, 15) is 4.79 Å². The molecule has 0 bridgehead atoms. The lowest BCUT2D eigenvalue weighted by molar-refractivity contribution is -0.125. The van der Waals surface area contributed by atoms with Crippen molar-refractivity contribution in [2.75, 3.05) is 13.1 Å². The summed E-state index contributed by atoms with van der Waals surface area (Å²) in [5.41, 5.74) is 4.68. The molecular formula is C8H16N2O. The highest BCUT2D eigenvalue weighted by molar-refractivity contribution is 5.80. The Labute approximate surface area is 67.7 Å². The summed E-state index contributed by atoms with van der Waals surface area (Å²) < 4.78 is 0. The second kappa shape index (κ2) is 4.13. The van der Waals surface area contributed by atoms with Crippen LogP contribution in [0.1, 0.15) is 13.8 Å². The Hall–Kier alpha value is -0.830. The minimum absolute atomic E-state index is 0.283. The van der Waals surface area contributed by atoms with Gasteiger partial charge in [-0.2, -0.15) is 0 Å². The summed E-state index contributed by atoms with van der Waals surface area (Å²) in [5.74, 6) is -0.283. The number of hydrogen-bond donors (Lipinski definition) is 2. The van der Waals surface area contributed by atoms with E-state index in [-0.39, 0.29) is 5.91 Å². The summed E-state index contributed by atoms with van der Waals surface area (Å²) in [7, 11) is 0. The molecule has 3 nitrogen and oxygen atoms in total. The Morgan fingerprint density at radius 1 is 1.73 bits per heavy atom. The summed E-state index contributed by atoms with van der Waals surface area (Å²) in [5, 5.41) is 3.04. The zero-order valence-corrected chi connectivity index (χ0v) is 7.18. The first-order valence-electron chi connectivity index (χ1n) is 3.62. The molecule has 0 saturated heterocycles. The van der Waals surface area contributed by atoms with Crippen molar-refractivity contribution >= 4 is 5.91 Å². The molecule has 0 fully saturated rings. The molecule has 1 amide bonds. The van der Waals surface area contributed by atoms with Crippen molar-refractivity contribution in [3.05, 3.63) is 12.7 Å². The van der Waals surface area contributed by atoms with Crippen molar-refractivity contribution in [2.45, 2.75) is 13.8 Å². The van der Waals surface area contributed by atoms with E-state index in [2.05, 4.69) is 11.9 Å². The highest BCUT2D eigenvalue weighted by atomic mass is 16.1. The molecule has 0 rings (SSSR count). The average molecular weight is 156 g/mol. The van der Waals surface area contributed by atoms with Gasteiger partial charge in [0.2, 0.25) is 5.91 Å². The molecule has 64 valence electrons. The van der Waals surface area contributed by atoms with E-state index >= 15 is 0 Å². The number of carbonyl (C=O) groups excluding carboxylic acids is 1. The lowest BCUT2D eigenvalue weighted by atomic mass is 9.93. The molecule has 3 heteroatoms. The number of amides is 1. The number of rotatable bonds is 5. The van der Waals surface area contributed by atoms with Crippen LogP contribution >= 0.6 is 0 Å². The van der Waals surface area contributed by atoms with Crippen molar-refractivity contribution in [3.8, 4) is 0 Å². The summed E-state index contributed by atoms with van der Waals surface area (Å²) in [6.07, 6.45) is 1.75. The largest absolute Gasteiger partial charge is 0.369 e. The molecule has 11 heavy (non-hydrogen) atoms. The lowest BCUT2D eigenvalue weighted by Gasteiger charge is -2.19. The molecule has 0 saturated carbocycles. The molecule has 0 unspecified atom stereocenters. The number of nitrogens with two attached hydrogens (primary N) is 1. The monoisotopic (exact) mass is 156 g/mol. The Morgan fingerprint density at radius 2 is 2.27 bits per heavy atom. The molecule has 0 radical (unpaired) electrons. The fraction of sp³-hybridized carbons (Fsp3) is 0.625. The van der Waals surface area contributed by atoms with Gasteiger partial charge in [0.05, 0.1) is 5.41 Å². The third-order valence-corrected chi connectivity index (χ3v) is 1.52. The molecule has 0 heterocycles. The molecule has 0 aromatic carbocycles. The van der Waals surface area contributed by atoms with Gasteiger partial charge in [0, 0.05) is 13.1 Å². The first kappa shape index (κ1) is 10.2. The van der Waals surface area contributed by atoms with E-state index in [1.54, 1.807) is 6.08 Å². The second-order valence-electron chi connectivity index (χ2n) is 3.17. The molecule has 0 atom stereocenters. The second-order valence-corrected chi connectivity index (χ2v) is 3.17. The Kier molecular flexibility index (Phi) is 3.82. The van der Waals surface area contributed by atoms with Gasteiger partial charge in [-0.15, -0.1) is 6.58 Å². The van der Waals surface area contributed by atoms with E-state index < -0.39 is 5.41 Å². The summed E-state index contributed by atoms with van der Waals surface area (Å²) >= 11 is 0. The van der Waals surface area contributed by atoms with Crippen LogP contribution in [0.2, 0.25) is 0 Å². The van der Waals surface area contributed by atoms with Crippen LogP contribution in [0.25, 0.3) is 0 Å². The van der Waals surface area contributed by atoms with Gasteiger partial charge in [-0.25, -0.2) is 0 Å². The van der Waals surface area contributed by atoms with Crippen LogP contribution in [0.15, 0.2) is 12.7 Å². The van der Waals surface area contributed by atoms with Crippen molar-refractivity contribution in [1.29, 1.82) is 0 Å². The molecule has 0 aromatic rings. The standard InChI is InChI=1S/C8H16N2O/c1-4-5-10-6-8(2,3)7(9)11/h4,10H,1,5-6H2,2-3H3,(H2,9,11). The van der Waals surface area contributed by atoms with Crippen molar-refractivity contribution in [3.63, 3.8) is 0 Å². The van der Waals surface area contributed by atoms with Crippen LogP contribution < -0.4 is 11.1 Å². The molecule has 0 aromatic heterocycles. The number of carbonyl (C=O) groups is 1. The van der Waals surface area contributed by atoms with Gasteiger partial charge >= 0.3 is 0 Å². The van der Waals surface area contributed by atoms with Gasteiger partial charge in [-0.1, -0.05) is 6.08 Å². The maximum absolute atomic E-state index is 10.8. The molecule has 0 aliphatic carbocycles. The van der Waals surface area contributed by atoms with Crippen LogP contribution in [-0.2, 0) is 4.79 Å². The fourth-order valence-electron chi connectivity index (χ4n) is 0.574. The van der Waals surface area contributed by atoms with Crippen molar-refractivity contribution in [2.24, 2.45) is 11.1 Å². The third-order valence-electron chi connectivity index (χ3n) is 1.52. The lowest BCUT2D eigenvalue weighted by Crippen LogP contribution is -2.40. The summed E-state index contributed by atoms with van der Waals surface area (Å²) in [6.45, 7) is 8.46. The number of primary amides is 1. The number of hydrogen-bond acceptors (Lipinski definition) is 2. The van der Waals surface area contributed by atoms with E-state index in [1.165, 1.54) is 0 Å². The first-order chi connectivity index (χ1) is 5.00. The van der Waals surface area contributed by atoms with Crippen LogP contribution in [0.3, 0.4) is 0 Å². The van der Waals surface area contributed by atoms with E-state index in [0.717, 1.165) is 0 Å². The van der Waals surface area contributed by atoms with Gasteiger partial charge in [0.1, 0.15) is 0 Å². The predicted octanol–water partition coefficient (Wildman–Crippen LogP) is 0.273. The highest BCUT2D eigenvalue weighted by Gasteiger charge is 2.23. The van der Waals surface area contributed by atoms with Gasteiger partial charge in [0.25, 0.3) is 0 Å². The topological polar surface area (TPSA) is 55.1 Å². The summed E-state index contributed by atoms with van der Waals surface area (Å²) in [4.78, 5) is 10.8. The number of nitrogens with one attached hydrogen (secondary N) is 1. The van der Waals surface area contributed by atoms with Gasteiger partial charge in [-0.05, 0) is 13.8 Å². The molecule has 0 aliphatic heterocycles. The first-order valence-corrected chi connectivity index (χ1v) is 3.62. The van der Waals surface area contributed by atoms with E-state index in [1.807, 2.05) is 13.8 Å². The van der Waals surface area contributed by atoms with Crippen molar-refractivity contribution < 1.29 is 4.79 Å². The fourth-order valence-corrected chi connectivity index (χ4v) is 0.574. The SMILES string of the molecule is C=CCNCC(C)(C)C(N)=O. The normalized spacial score (nSPS) is 11.1. The van der Waals surface area contributed by atoms with Gasteiger partial charge in [-0.3, -0.25) is 4.79 Å². The van der Waals surface area contributed by atoms with Crippen LogP contribution in [-0.4, -0.2) is 19.0 Å². The molecule has 0 spiro atoms. The van der Waals surface area contributed by atoms with Crippen LogP contribution in [0, 0.1) is 5.41 Å². The quantitative estimate of drug-likeness (QED) is 0.443. The van der Waals surface area contributed by atoms with Crippen LogP contribution in [0.5, 0.6) is 0 Å². The zero-order valence-electron chi connectivity index (χ0n) is 7.18. The maximum atomic E-state index is 10.8. The minimum atomic E-state index is -0.469. The maximum Gasteiger partial charge on any atom is 0.224 e. The molecule has 0 aliphatic rings. The molecule has 3 N–H and O–H groups in total. The average Bonchev–Trinajstić information content (AvgIpc) is 1.88. The Morgan fingerprint density at radius 3 is 2.64 bits per heavy atom. The summed E-state index contributed by atoms with van der Waals surface area (Å²) in [6, 6.07) is 0. The molecular weight excluding hydrogens is 140 g/mol. The predicted molar refractivity (Wildman–Crippen MR) is 46.0 cm³/mol. The van der Waals surface area contributed by atoms with Crippen LogP contribution in [0.4, 0.5) is 0 Å². The third kappa shape index (κ3) is 3.78. The zero-order chi connectivity index (χ0) is 8.91. The smallest absolute Gasteiger partial charge is 0.224 e. The van der Waals surface area contributed by atoms with Gasteiger partial charge < -0.3 is 11.1 Å². The van der Waals surface area contributed by atoms with Crippen molar-refractivity contribution in [1.82, 2.24) is 5.32 Å².